The summed E-state index contributed by atoms with van der Waals surface area (Å²) < 4.78 is 21.7. The smallest absolute Gasteiger partial charge is 0.158 e. The van der Waals surface area contributed by atoms with Crippen LogP contribution in [0.2, 0.25) is 0 Å². The molecule has 520 valence electrons. The Labute approximate surface area is 663 Å². The normalized spacial score (nSPS) is 12.0. The lowest BCUT2D eigenvalue weighted by atomic mass is 10.1. The van der Waals surface area contributed by atoms with Gasteiger partial charge in [-0.2, -0.15) is 0 Å². The number of benzene rings is 12. The summed E-state index contributed by atoms with van der Waals surface area (Å²) in [6.07, 6.45) is 0. The van der Waals surface area contributed by atoms with E-state index in [0.29, 0.717) is 0 Å². The van der Waals surface area contributed by atoms with Crippen LogP contribution in [0.1, 0.15) is 2.74 Å². The van der Waals surface area contributed by atoms with Gasteiger partial charge in [0.15, 0.2) is 20.0 Å². The Morgan fingerprint density at radius 2 is 0.394 bits per heavy atom. The highest BCUT2D eigenvalue weighted by atomic mass is 35.5. The number of aromatic nitrogens is 8. The predicted octanol–water partition coefficient (Wildman–Crippen LogP) is 28.5. The van der Waals surface area contributed by atoms with E-state index in [1.807, 2.05) is 0 Å². The van der Waals surface area contributed by atoms with E-state index in [1.54, 1.807) is 68.0 Å². The van der Waals surface area contributed by atoms with Crippen molar-refractivity contribution in [3.63, 3.8) is 0 Å². The zero-order valence-electron chi connectivity index (χ0n) is 59.6. The van der Waals surface area contributed by atoms with Crippen molar-refractivity contribution in [2.24, 2.45) is 0 Å². The number of hydrogen-bond donors (Lipinski definition) is 0. The van der Waals surface area contributed by atoms with Crippen molar-refractivity contribution < 1.29 is 2.74 Å². The molecule has 16 heteroatoms. The molecule has 0 fully saturated rings. The molecule has 0 unspecified atom stereocenters. The maximum absolute atomic E-state index is 6.14. The molecule has 0 saturated carbocycles. The Hall–Kier alpha value is -11.7. The molecule has 0 aliphatic rings. The lowest BCUT2D eigenvalue weighted by Crippen LogP contribution is -1.93. The highest BCUT2D eigenvalue weighted by Crippen LogP contribution is 2.48. The highest BCUT2D eigenvalue weighted by Gasteiger charge is 2.23. The number of rotatable bonds is 12. The van der Waals surface area contributed by atoms with Crippen molar-refractivity contribution >= 4 is 178 Å². The second kappa shape index (κ2) is 28.5. The van der Waals surface area contributed by atoms with E-state index in [9.17, 15) is 0 Å². The molecule has 0 amide bonds. The Kier molecular flexibility index (Phi) is 16.9. The summed E-state index contributed by atoms with van der Waals surface area (Å²) in [7, 11) is 0. The molecule has 0 spiro atoms. The molecule has 0 saturated heterocycles. The number of para-hydroxylation sites is 8. The third-order valence-electron chi connectivity index (χ3n) is 20.4. The summed E-state index contributed by atoms with van der Waals surface area (Å²) in [4.78, 5) is 4.58. The molecule has 0 radical (unpaired) electrons. The van der Waals surface area contributed by atoms with Gasteiger partial charge in [0, 0.05) is 88.1 Å². The SMILES string of the molecule is [2H]C([2H])(Cl)Cl.c1ccc2c(c1)c1ccccc1n2-c1ccc(-c2ccsc2-c2nnc(-c3sccc3-c3ccc(-n4c5ccccc5c5ccccc54)cc3)s2)cc1.c1ccc2c(c1)c1ccccc1n2-c1ccc(-c2ccsc2-c2nnc(-c3sccc3-c3ccc(-n4c5ccccc5c5ccccc54)cc3)s2)cc1. The van der Waals surface area contributed by atoms with Crippen molar-refractivity contribution in [1.82, 2.24) is 38.7 Å². The van der Waals surface area contributed by atoms with Crippen LogP contribution in [0.3, 0.4) is 0 Å². The Morgan fingerprint density at radius 3 is 0.569 bits per heavy atom. The van der Waals surface area contributed by atoms with Crippen LogP contribution in [0.5, 0.6) is 0 Å². The van der Waals surface area contributed by atoms with Crippen molar-refractivity contribution in [3.8, 4) is 107 Å². The van der Waals surface area contributed by atoms with Crippen LogP contribution in [0, 0.1) is 0 Å². The maximum atomic E-state index is 6.14. The number of thiophene rings is 4. The lowest BCUT2D eigenvalue weighted by Gasteiger charge is -2.09. The van der Waals surface area contributed by atoms with Gasteiger partial charge in [-0.3, -0.25) is 0 Å². The van der Waals surface area contributed by atoms with Crippen molar-refractivity contribution in [2.75, 3.05) is 5.29 Å². The molecule has 12 aromatic carbocycles. The van der Waals surface area contributed by atoms with Gasteiger partial charge >= 0.3 is 0 Å². The molecule has 10 aromatic heterocycles. The van der Waals surface area contributed by atoms with E-state index in [-0.39, 0.29) is 0 Å². The van der Waals surface area contributed by atoms with Crippen molar-refractivity contribution in [2.45, 2.75) is 0 Å². The second-order valence-corrected chi connectivity index (χ2v) is 32.4. The molecular weight excluding hydrogens is 1490 g/mol. The van der Waals surface area contributed by atoms with Crippen LogP contribution >= 0.6 is 91.2 Å². The number of halogens is 2. The predicted molar refractivity (Wildman–Crippen MR) is 469 cm³/mol. The molecule has 0 bridgehead atoms. The van der Waals surface area contributed by atoms with E-state index in [2.05, 4.69) is 378 Å². The number of alkyl halides is 2. The van der Waals surface area contributed by atoms with Gasteiger partial charge in [-0.25, -0.2) is 0 Å². The molecule has 0 N–H and O–H groups in total. The van der Waals surface area contributed by atoms with Crippen LogP contribution < -0.4 is 0 Å². The number of hydrogen-bond acceptors (Lipinski definition) is 10. The molecule has 109 heavy (non-hydrogen) atoms. The van der Waals surface area contributed by atoms with Crippen LogP contribution in [0.15, 0.2) is 337 Å². The first-order valence-electron chi connectivity index (χ1n) is 36.3. The Bertz CT molecular complexity index is 6160. The average Bonchev–Trinajstić information content (AvgIpc) is 1.53. The first kappa shape index (κ1) is 64.5. The van der Waals surface area contributed by atoms with Gasteiger partial charge in [-0.05, 0) is 165 Å². The van der Waals surface area contributed by atoms with Gasteiger partial charge in [0.05, 0.1) is 71.7 Å². The molecular formula is C93H58Cl2N8S6. The first-order chi connectivity index (χ1) is 54.6. The van der Waals surface area contributed by atoms with E-state index < -0.39 is 5.29 Å². The van der Waals surface area contributed by atoms with Gasteiger partial charge in [-0.15, -0.1) is 88.9 Å². The summed E-state index contributed by atoms with van der Waals surface area (Å²) >= 11 is 19.5. The zero-order chi connectivity index (χ0) is 74.3. The third-order valence-corrected chi connectivity index (χ3v) is 26.5. The Morgan fingerprint density at radius 1 is 0.229 bits per heavy atom. The zero-order valence-corrected chi connectivity index (χ0v) is 64.0. The molecule has 22 aromatic rings. The van der Waals surface area contributed by atoms with Gasteiger partial charge in [-0.1, -0.05) is 217 Å². The van der Waals surface area contributed by atoms with Gasteiger partial charge in [0.2, 0.25) is 0 Å². The van der Waals surface area contributed by atoms with E-state index >= 15 is 0 Å². The summed E-state index contributed by atoms with van der Waals surface area (Å²) in [6, 6.07) is 114. The summed E-state index contributed by atoms with van der Waals surface area (Å²) in [6.45, 7) is 0. The third kappa shape index (κ3) is 11.7. The maximum Gasteiger partial charge on any atom is 0.158 e. The summed E-state index contributed by atoms with van der Waals surface area (Å²) in [5.41, 5.74) is 23.7. The topological polar surface area (TPSA) is 71.3 Å². The molecule has 22 rings (SSSR count). The van der Waals surface area contributed by atoms with Crippen LogP contribution in [-0.4, -0.2) is 44.0 Å². The average molecular weight is 1550 g/mol. The Balaban J connectivity index is 0.000000137. The number of fused-ring (bicyclic) bond motifs is 12. The van der Waals surface area contributed by atoms with E-state index in [4.69, 9.17) is 23.1 Å². The van der Waals surface area contributed by atoms with E-state index in [0.717, 1.165) is 62.3 Å². The lowest BCUT2D eigenvalue weighted by molar-refractivity contribution is 1.11. The largest absolute Gasteiger partial charge is 0.309 e. The molecule has 0 atom stereocenters. The summed E-state index contributed by atoms with van der Waals surface area (Å²) in [5, 5.41) is 39.5. The van der Waals surface area contributed by atoms with Crippen LogP contribution in [0.25, 0.3) is 194 Å². The molecule has 0 aliphatic carbocycles. The van der Waals surface area contributed by atoms with Crippen LogP contribution in [0.4, 0.5) is 0 Å². The monoisotopic (exact) mass is 1550 g/mol. The van der Waals surface area contributed by atoms with Gasteiger partial charge < -0.3 is 18.3 Å². The number of nitrogens with zero attached hydrogens (tertiary/aromatic N) is 8. The molecule has 10 heterocycles. The second-order valence-electron chi connectivity index (χ2n) is 26.2. The highest BCUT2D eigenvalue weighted by molar-refractivity contribution is 7.26. The minimum absolute atomic E-state index is 0.942. The fourth-order valence-electron chi connectivity index (χ4n) is 15.6. The first-order valence-corrected chi connectivity index (χ1v) is 41.2. The minimum atomic E-state index is -2.06. The van der Waals surface area contributed by atoms with E-state index in [1.165, 1.54) is 132 Å². The quantitative estimate of drug-likeness (QED) is 0.114. The standard InChI is InChI=1S/2C46H28N4S3.CH2Cl2/c2*1-5-13-39-35(9-1)36-10-2-6-14-40(36)49(39)31-21-17-29(18-22-31)33-25-27-51-43(33)45-47-48-46(53-45)44-34(26-28-52-44)30-19-23-32(24-20-30)50-41-15-7-3-11-37(41)38-12-4-8-16-42(38)50;2-1-3/h2*1-28H;1H2/i;;1D2. The van der Waals surface area contributed by atoms with Gasteiger partial charge in [0.1, 0.15) is 0 Å². The minimum Gasteiger partial charge on any atom is -0.309 e. The fourth-order valence-corrected chi connectivity index (χ4v) is 21.3. The summed E-state index contributed by atoms with van der Waals surface area (Å²) in [5.74, 6) is 0. The van der Waals surface area contributed by atoms with Crippen molar-refractivity contribution in [3.05, 3.63) is 337 Å². The van der Waals surface area contributed by atoms with Gasteiger partial charge in [0.25, 0.3) is 0 Å². The molecule has 0 aliphatic heterocycles. The fraction of sp³-hybridized carbons (Fsp3) is 0.0108. The van der Waals surface area contributed by atoms with Crippen molar-refractivity contribution in [1.29, 1.82) is 0 Å². The molecule has 8 nitrogen and oxygen atoms in total. The van der Waals surface area contributed by atoms with Crippen LogP contribution in [-0.2, 0) is 0 Å².